The molecule has 168 valence electrons. The summed E-state index contributed by atoms with van der Waals surface area (Å²) in [5.41, 5.74) is 5.42. The summed E-state index contributed by atoms with van der Waals surface area (Å²) in [5, 5.41) is 32.2. The maximum atomic E-state index is 11.4. The van der Waals surface area contributed by atoms with Gasteiger partial charge in [0.15, 0.2) is 0 Å². The van der Waals surface area contributed by atoms with Crippen LogP contribution < -0.4 is 0 Å². The highest BCUT2D eigenvalue weighted by atomic mass is 127. The second-order valence-corrected chi connectivity index (χ2v) is 8.94. The number of rotatable bonds is 7. The quantitative estimate of drug-likeness (QED) is 0.0713. The Morgan fingerprint density at radius 2 is 1.55 bits per heavy atom. The average molecular weight is 666 g/mol. The summed E-state index contributed by atoms with van der Waals surface area (Å²) in [6.07, 6.45) is -0.775. The number of alkyl halides is 2. The smallest absolute Gasteiger partial charge is 0.270 e. The van der Waals surface area contributed by atoms with Crippen LogP contribution in [0.2, 0.25) is 0 Å². The Hall–Kier alpha value is -2.38. The lowest BCUT2D eigenvalue weighted by Gasteiger charge is -2.14. The second kappa shape index (κ2) is 10.3. The van der Waals surface area contributed by atoms with Crippen LogP contribution >= 0.6 is 45.2 Å². The second-order valence-electron chi connectivity index (χ2n) is 7.42. The van der Waals surface area contributed by atoms with Gasteiger partial charge >= 0.3 is 0 Å². The molecule has 0 amide bonds. The molecule has 33 heavy (non-hydrogen) atoms. The molecule has 0 saturated heterocycles. The predicted molar refractivity (Wildman–Crippen MR) is 147 cm³/mol. The van der Waals surface area contributed by atoms with E-state index in [0.717, 1.165) is 33.3 Å². The number of nitrogens with zero attached hydrogens (tertiary/aromatic N) is 4. The summed E-state index contributed by atoms with van der Waals surface area (Å²) >= 11 is 4.37. The monoisotopic (exact) mass is 666 g/mol. The van der Waals surface area contributed by atoms with Crippen molar-refractivity contribution in [3.8, 4) is 11.3 Å². The van der Waals surface area contributed by atoms with E-state index in [2.05, 4.69) is 50.3 Å². The molecule has 0 aliphatic rings. The van der Waals surface area contributed by atoms with Crippen LogP contribution in [0.3, 0.4) is 0 Å². The van der Waals surface area contributed by atoms with Crippen molar-refractivity contribution < 1.29 is 10.0 Å². The molecule has 7 nitrogen and oxygen atoms in total. The van der Waals surface area contributed by atoms with Crippen LogP contribution in [0.1, 0.15) is 24.3 Å². The van der Waals surface area contributed by atoms with Gasteiger partial charge in [0.05, 0.1) is 21.8 Å². The molecule has 1 atom stereocenters. The standard InChI is InChI=1S/C24H20I2N4O3/c1-15(31)29-21-10-6-5-9-20(21)23(24(29)16-7-3-2-4-8-16)28-27-22-17(13-25)11-19(30(32)33)12-18(22)14-26/h2-12,15,31H,13-14H2,1H3/b28-27+. The van der Waals surface area contributed by atoms with Crippen molar-refractivity contribution in [1.29, 1.82) is 0 Å². The number of hydrogen-bond donors (Lipinski definition) is 1. The lowest BCUT2D eigenvalue weighted by atomic mass is 10.1. The highest BCUT2D eigenvalue weighted by Crippen LogP contribution is 2.43. The molecule has 3 aromatic carbocycles. The molecule has 1 unspecified atom stereocenters. The lowest BCUT2D eigenvalue weighted by Crippen LogP contribution is -2.05. The van der Waals surface area contributed by atoms with Gasteiger partial charge in [-0.05, 0) is 24.1 Å². The zero-order chi connectivity index (χ0) is 23.5. The number of nitro groups is 1. The van der Waals surface area contributed by atoms with E-state index in [-0.39, 0.29) is 10.6 Å². The minimum Gasteiger partial charge on any atom is -0.374 e. The van der Waals surface area contributed by atoms with E-state index in [9.17, 15) is 15.2 Å². The maximum Gasteiger partial charge on any atom is 0.270 e. The molecule has 1 heterocycles. The Balaban J connectivity index is 1.98. The number of benzene rings is 3. The Labute approximate surface area is 218 Å². The summed E-state index contributed by atoms with van der Waals surface area (Å²) < 4.78 is 2.99. The highest BCUT2D eigenvalue weighted by Gasteiger charge is 2.22. The van der Waals surface area contributed by atoms with Crippen LogP contribution in [0.25, 0.3) is 22.2 Å². The Morgan fingerprint density at radius 1 is 0.970 bits per heavy atom. The molecule has 0 fully saturated rings. The minimum absolute atomic E-state index is 0.0583. The van der Waals surface area contributed by atoms with Crippen LogP contribution in [0.4, 0.5) is 17.1 Å². The van der Waals surface area contributed by atoms with Gasteiger partial charge < -0.3 is 9.67 Å². The van der Waals surface area contributed by atoms with Crippen molar-refractivity contribution in [2.45, 2.75) is 22.0 Å². The van der Waals surface area contributed by atoms with Gasteiger partial charge in [-0.15, -0.1) is 10.2 Å². The van der Waals surface area contributed by atoms with Crippen molar-refractivity contribution in [2.24, 2.45) is 10.2 Å². The highest BCUT2D eigenvalue weighted by molar-refractivity contribution is 14.1. The fourth-order valence-electron chi connectivity index (χ4n) is 3.89. The van der Waals surface area contributed by atoms with Gasteiger partial charge in [0.1, 0.15) is 11.9 Å². The van der Waals surface area contributed by atoms with Crippen LogP contribution in [-0.4, -0.2) is 14.6 Å². The predicted octanol–water partition coefficient (Wildman–Crippen LogP) is 8.01. The van der Waals surface area contributed by atoms with E-state index in [4.69, 9.17) is 5.11 Å². The molecule has 0 aliphatic heterocycles. The molecule has 0 spiro atoms. The van der Waals surface area contributed by atoms with Gasteiger partial charge in [-0.1, -0.05) is 93.7 Å². The molecule has 4 aromatic rings. The summed E-state index contributed by atoms with van der Waals surface area (Å²) in [6, 6.07) is 20.7. The first-order valence-corrected chi connectivity index (χ1v) is 13.2. The average Bonchev–Trinajstić information content (AvgIpc) is 3.17. The number of aliphatic hydroxyl groups excluding tert-OH is 1. The van der Waals surface area contributed by atoms with Gasteiger partial charge in [-0.25, -0.2) is 0 Å². The Kier molecular flexibility index (Phi) is 7.39. The van der Waals surface area contributed by atoms with Crippen LogP contribution in [0.5, 0.6) is 0 Å². The van der Waals surface area contributed by atoms with E-state index >= 15 is 0 Å². The molecule has 9 heteroatoms. The first-order chi connectivity index (χ1) is 16.0. The number of para-hydroxylation sites is 1. The molecule has 0 saturated carbocycles. The zero-order valence-electron chi connectivity index (χ0n) is 17.7. The normalized spacial score (nSPS) is 12.5. The van der Waals surface area contributed by atoms with Crippen LogP contribution in [-0.2, 0) is 8.86 Å². The number of aromatic nitrogens is 1. The van der Waals surface area contributed by atoms with E-state index in [1.54, 1.807) is 19.1 Å². The van der Waals surface area contributed by atoms with E-state index in [0.29, 0.717) is 20.2 Å². The number of hydrogen-bond acceptors (Lipinski definition) is 5. The van der Waals surface area contributed by atoms with Crippen LogP contribution in [0, 0.1) is 10.1 Å². The Morgan fingerprint density at radius 3 is 2.12 bits per heavy atom. The van der Waals surface area contributed by atoms with Crippen molar-refractivity contribution in [3.05, 3.63) is 88.0 Å². The van der Waals surface area contributed by atoms with E-state index in [1.807, 2.05) is 59.2 Å². The molecule has 1 N–H and O–H groups in total. The lowest BCUT2D eigenvalue weighted by molar-refractivity contribution is -0.384. The number of nitro benzene ring substituents is 1. The van der Waals surface area contributed by atoms with Gasteiger partial charge in [-0.2, -0.15) is 0 Å². The third-order valence-corrected chi connectivity index (χ3v) is 6.95. The minimum atomic E-state index is -0.775. The molecule has 0 aliphatic carbocycles. The largest absolute Gasteiger partial charge is 0.374 e. The number of azo groups is 1. The van der Waals surface area contributed by atoms with E-state index < -0.39 is 6.23 Å². The molecular weight excluding hydrogens is 646 g/mol. The number of halogens is 2. The fourth-order valence-corrected chi connectivity index (χ4v) is 5.05. The maximum absolute atomic E-state index is 11.4. The molecule has 0 bridgehead atoms. The van der Waals surface area contributed by atoms with Gasteiger partial charge in [0, 0.05) is 31.9 Å². The molecule has 1 aromatic heterocycles. The number of non-ortho nitro benzene ring substituents is 1. The topological polar surface area (TPSA) is 93.0 Å². The zero-order valence-corrected chi connectivity index (χ0v) is 22.0. The van der Waals surface area contributed by atoms with Gasteiger partial charge in [0.2, 0.25) is 0 Å². The van der Waals surface area contributed by atoms with Crippen molar-refractivity contribution in [1.82, 2.24) is 4.57 Å². The van der Waals surface area contributed by atoms with Gasteiger partial charge in [-0.3, -0.25) is 10.1 Å². The first kappa shape index (κ1) is 23.8. The van der Waals surface area contributed by atoms with E-state index in [1.165, 1.54) is 0 Å². The summed E-state index contributed by atoms with van der Waals surface area (Å²) in [6.45, 7) is 1.72. The third-order valence-electron chi connectivity index (χ3n) is 5.31. The summed E-state index contributed by atoms with van der Waals surface area (Å²) in [4.78, 5) is 11.0. The van der Waals surface area contributed by atoms with Crippen molar-refractivity contribution in [3.63, 3.8) is 0 Å². The van der Waals surface area contributed by atoms with Gasteiger partial charge in [0.25, 0.3) is 5.69 Å². The van der Waals surface area contributed by atoms with Crippen LogP contribution in [0.15, 0.2) is 77.0 Å². The molecular formula is C24H20I2N4O3. The number of fused-ring (bicyclic) bond motifs is 1. The molecule has 4 rings (SSSR count). The summed E-state index contributed by atoms with van der Waals surface area (Å²) in [5.74, 6) is 0. The Bertz CT molecular complexity index is 1330. The molecule has 0 radical (unpaired) electrons. The fraction of sp³-hybridized carbons (Fsp3) is 0.167. The SMILES string of the molecule is CC(O)n1c(-c2ccccc2)c(/N=N/c2c(CI)cc([N+](=O)[O-])cc2CI)c2ccccc21. The number of aliphatic hydroxyl groups is 1. The third kappa shape index (κ3) is 4.66. The van der Waals surface area contributed by atoms with Crippen molar-refractivity contribution >= 4 is 73.1 Å². The van der Waals surface area contributed by atoms with Crippen molar-refractivity contribution in [2.75, 3.05) is 0 Å². The first-order valence-electron chi connectivity index (χ1n) is 10.2. The summed E-state index contributed by atoms with van der Waals surface area (Å²) in [7, 11) is 0.